The third kappa shape index (κ3) is 5.29. The molecule has 5 nitrogen and oxygen atoms in total. The Morgan fingerprint density at radius 1 is 1.20 bits per heavy atom. The topological polar surface area (TPSA) is 66.9 Å². The molecule has 25 heavy (non-hydrogen) atoms. The molecule has 2 aromatic heterocycles. The van der Waals surface area contributed by atoms with Crippen LogP contribution in [-0.2, 0) is 11.3 Å². The van der Waals surface area contributed by atoms with Crippen molar-refractivity contribution in [1.29, 1.82) is 0 Å². The van der Waals surface area contributed by atoms with E-state index in [9.17, 15) is 4.79 Å². The van der Waals surface area contributed by atoms with Crippen molar-refractivity contribution in [2.24, 2.45) is 0 Å². The summed E-state index contributed by atoms with van der Waals surface area (Å²) in [4.78, 5) is 13.0. The number of hydrogen-bond acceptors (Lipinski definition) is 7. The summed E-state index contributed by atoms with van der Waals surface area (Å²) in [6.45, 7) is 4.74. The molecule has 1 amide bonds. The van der Waals surface area contributed by atoms with Gasteiger partial charge in [0.2, 0.25) is 11.0 Å². The van der Waals surface area contributed by atoms with Crippen molar-refractivity contribution in [3.8, 4) is 0 Å². The summed E-state index contributed by atoms with van der Waals surface area (Å²) in [6.07, 6.45) is 0. The number of nitrogens with one attached hydrogen (secondary N) is 2. The van der Waals surface area contributed by atoms with Gasteiger partial charge in [0.15, 0.2) is 4.34 Å². The summed E-state index contributed by atoms with van der Waals surface area (Å²) in [5.74, 6) is 0.334. The normalized spacial score (nSPS) is 10.6. The third-order valence-electron chi connectivity index (χ3n) is 3.53. The Morgan fingerprint density at radius 2 is 2.08 bits per heavy atom. The van der Waals surface area contributed by atoms with Gasteiger partial charge >= 0.3 is 0 Å². The van der Waals surface area contributed by atoms with E-state index < -0.39 is 0 Å². The van der Waals surface area contributed by atoms with Gasteiger partial charge in [-0.2, -0.15) is 0 Å². The number of amides is 1. The van der Waals surface area contributed by atoms with Gasteiger partial charge in [-0.3, -0.25) is 4.79 Å². The lowest BCUT2D eigenvalue weighted by molar-refractivity contribution is -0.118. The van der Waals surface area contributed by atoms with Crippen molar-refractivity contribution in [2.45, 2.75) is 24.7 Å². The standard InChI is InChI=1S/C17H18N4OS3/c1-11-5-6-13(8-12(11)2)19-16-20-21-17(25-16)24-10-15(22)18-9-14-4-3-7-23-14/h3-8H,9-10H2,1-2H3,(H,18,22)(H,19,20). The molecule has 0 fully saturated rings. The second-order valence-corrected chi connectivity index (χ2v) is 8.67. The molecular weight excluding hydrogens is 372 g/mol. The van der Waals surface area contributed by atoms with E-state index >= 15 is 0 Å². The monoisotopic (exact) mass is 390 g/mol. The molecule has 0 bridgehead atoms. The van der Waals surface area contributed by atoms with Gasteiger partial charge in [-0.05, 0) is 48.6 Å². The fourth-order valence-electron chi connectivity index (χ4n) is 2.04. The smallest absolute Gasteiger partial charge is 0.230 e. The first-order chi connectivity index (χ1) is 12.1. The van der Waals surface area contributed by atoms with E-state index in [2.05, 4.69) is 46.8 Å². The highest BCUT2D eigenvalue weighted by atomic mass is 32.2. The van der Waals surface area contributed by atoms with Gasteiger partial charge in [0.1, 0.15) is 0 Å². The van der Waals surface area contributed by atoms with E-state index in [1.807, 2.05) is 23.6 Å². The second kappa shape index (κ2) is 8.46. The van der Waals surface area contributed by atoms with Crippen molar-refractivity contribution >= 4 is 51.2 Å². The summed E-state index contributed by atoms with van der Waals surface area (Å²) in [6, 6.07) is 10.2. The fraction of sp³-hybridized carbons (Fsp3) is 0.235. The van der Waals surface area contributed by atoms with Gasteiger partial charge in [0, 0.05) is 10.6 Å². The molecule has 0 aliphatic carbocycles. The Bertz CT molecular complexity index is 845. The second-order valence-electron chi connectivity index (χ2n) is 5.44. The first-order valence-corrected chi connectivity index (χ1v) is 10.4. The number of thioether (sulfide) groups is 1. The predicted octanol–water partition coefficient (Wildman–Crippen LogP) is 4.37. The molecule has 2 N–H and O–H groups in total. The van der Waals surface area contributed by atoms with Gasteiger partial charge in [0.25, 0.3) is 0 Å². The summed E-state index contributed by atoms with van der Waals surface area (Å²) in [5, 5.41) is 17.1. The number of carbonyl (C=O) groups is 1. The number of anilines is 2. The quantitative estimate of drug-likeness (QED) is 0.587. The minimum Gasteiger partial charge on any atom is -0.350 e. The number of nitrogens with zero attached hydrogens (tertiary/aromatic N) is 2. The molecule has 130 valence electrons. The molecule has 3 aromatic rings. The van der Waals surface area contributed by atoms with Crippen molar-refractivity contribution < 1.29 is 4.79 Å². The van der Waals surface area contributed by atoms with Crippen molar-refractivity contribution in [3.63, 3.8) is 0 Å². The van der Waals surface area contributed by atoms with Crippen LogP contribution in [-0.4, -0.2) is 21.9 Å². The van der Waals surface area contributed by atoms with Crippen LogP contribution >= 0.6 is 34.4 Å². The zero-order chi connectivity index (χ0) is 17.6. The molecule has 3 rings (SSSR count). The zero-order valence-corrected chi connectivity index (χ0v) is 16.4. The molecule has 2 heterocycles. The molecule has 0 saturated carbocycles. The Hall–Kier alpha value is -1.90. The summed E-state index contributed by atoms with van der Waals surface area (Å²) < 4.78 is 0.776. The lowest BCUT2D eigenvalue weighted by Crippen LogP contribution is -2.24. The van der Waals surface area contributed by atoms with E-state index in [0.717, 1.165) is 20.0 Å². The molecule has 0 radical (unpaired) electrons. The number of hydrogen-bond donors (Lipinski definition) is 2. The first-order valence-electron chi connectivity index (χ1n) is 7.70. The molecule has 8 heteroatoms. The molecule has 0 unspecified atom stereocenters. The number of thiophene rings is 1. The van der Waals surface area contributed by atoms with E-state index in [-0.39, 0.29) is 5.91 Å². The van der Waals surface area contributed by atoms with E-state index in [0.29, 0.717) is 12.3 Å². The van der Waals surface area contributed by atoms with E-state index in [1.54, 1.807) is 11.3 Å². The SMILES string of the molecule is Cc1ccc(Nc2nnc(SCC(=O)NCc3cccs3)s2)cc1C. The number of aromatic nitrogens is 2. The largest absolute Gasteiger partial charge is 0.350 e. The van der Waals surface area contributed by atoms with Crippen LogP contribution in [0.25, 0.3) is 0 Å². The Labute approximate surface area is 158 Å². The van der Waals surface area contributed by atoms with E-state index in [1.165, 1.54) is 34.2 Å². The van der Waals surface area contributed by atoms with Crippen molar-refractivity contribution in [2.75, 3.05) is 11.1 Å². The number of benzene rings is 1. The molecule has 0 atom stereocenters. The van der Waals surface area contributed by atoms with Crippen LogP contribution in [0, 0.1) is 13.8 Å². The average Bonchev–Trinajstić information content (AvgIpc) is 3.26. The lowest BCUT2D eigenvalue weighted by Gasteiger charge is -2.05. The summed E-state index contributed by atoms with van der Waals surface area (Å²) >= 11 is 4.48. The van der Waals surface area contributed by atoms with Gasteiger partial charge in [-0.25, -0.2) is 0 Å². The highest BCUT2D eigenvalue weighted by Gasteiger charge is 2.09. The Balaban J connectivity index is 1.47. The van der Waals surface area contributed by atoms with Crippen LogP contribution in [0.4, 0.5) is 10.8 Å². The summed E-state index contributed by atoms with van der Waals surface area (Å²) in [7, 11) is 0. The van der Waals surface area contributed by atoms with Gasteiger partial charge in [-0.1, -0.05) is 35.2 Å². The van der Waals surface area contributed by atoms with Crippen LogP contribution in [0.3, 0.4) is 0 Å². The highest BCUT2D eigenvalue weighted by molar-refractivity contribution is 8.01. The molecule has 0 aliphatic rings. The number of rotatable bonds is 7. The molecule has 0 aliphatic heterocycles. The van der Waals surface area contributed by atoms with Crippen molar-refractivity contribution in [1.82, 2.24) is 15.5 Å². The van der Waals surface area contributed by atoms with Crippen LogP contribution in [0.5, 0.6) is 0 Å². The van der Waals surface area contributed by atoms with Crippen LogP contribution < -0.4 is 10.6 Å². The molecular formula is C17H18N4OS3. The van der Waals surface area contributed by atoms with E-state index in [4.69, 9.17) is 0 Å². The Kier molecular flexibility index (Phi) is 6.06. The maximum atomic E-state index is 11.9. The molecule has 1 aromatic carbocycles. The minimum absolute atomic E-state index is 0.00253. The average molecular weight is 391 g/mol. The zero-order valence-electron chi connectivity index (χ0n) is 13.9. The van der Waals surface area contributed by atoms with Crippen molar-refractivity contribution in [3.05, 3.63) is 51.7 Å². The lowest BCUT2D eigenvalue weighted by atomic mass is 10.1. The highest BCUT2D eigenvalue weighted by Crippen LogP contribution is 2.28. The predicted molar refractivity (Wildman–Crippen MR) is 106 cm³/mol. The summed E-state index contributed by atoms with van der Waals surface area (Å²) in [5.41, 5.74) is 3.48. The van der Waals surface area contributed by atoms with Crippen LogP contribution in [0.15, 0.2) is 40.1 Å². The maximum absolute atomic E-state index is 11.9. The van der Waals surface area contributed by atoms with Gasteiger partial charge in [-0.15, -0.1) is 21.5 Å². The first kappa shape index (κ1) is 17.9. The van der Waals surface area contributed by atoms with Crippen LogP contribution in [0.2, 0.25) is 0 Å². The van der Waals surface area contributed by atoms with Gasteiger partial charge in [0.05, 0.1) is 12.3 Å². The van der Waals surface area contributed by atoms with Crippen LogP contribution in [0.1, 0.15) is 16.0 Å². The number of aryl methyl sites for hydroxylation is 2. The minimum atomic E-state index is -0.00253. The number of carbonyl (C=O) groups excluding carboxylic acids is 1. The van der Waals surface area contributed by atoms with Gasteiger partial charge < -0.3 is 10.6 Å². The molecule has 0 spiro atoms. The fourth-order valence-corrected chi connectivity index (χ4v) is 4.29. The maximum Gasteiger partial charge on any atom is 0.230 e. The third-order valence-corrected chi connectivity index (χ3v) is 6.38. The molecule has 0 saturated heterocycles. The Morgan fingerprint density at radius 3 is 2.84 bits per heavy atom.